The minimum atomic E-state index is 0.132. The fraction of sp³-hybridized carbons (Fsp3) is 1.00. The van der Waals surface area contributed by atoms with E-state index in [1.165, 1.54) is 38.5 Å². The molecule has 1 fully saturated rings. The molecule has 0 N–H and O–H groups in total. The Morgan fingerprint density at radius 3 is 1.73 bits per heavy atom. The van der Waals surface area contributed by atoms with E-state index < -0.39 is 0 Å². The van der Waals surface area contributed by atoms with Crippen molar-refractivity contribution in [2.45, 2.75) is 57.4 Å². The summed E-state index contributed by atoms with van der Waals surface area (Å²) in [5.41, 5.74) is 0. The highest BCUT2D eigenvalue weighted by Gasteiger charge is 2.09. The molecule has 1 aliphatic carbocycles. The molecule has 1 aliphatic rings. The molecule has 0 radical (unpaired) electrons. The molecule has 0 aromatic rings. The molecule has 0 heterocycles. The van der Waals surface area contributed by atoms with E-state index in [1.807, 2.05) is 0 Å². The predicted octanol–water partition coefficient (Wildman–Crippen LogP) is 3.26. The van der Waals surface area contributed by atoms with Crippen LogP contribution < -0.4 is 0 Å². The highest BCUT2D eigenvalue weighted by Crippen LogP contribution is 2.18. The maximum atomic E-state index is 10.3. The molecule has 0 bridgehead atoms. The van der Waals surface area contributed by atoms with Crippen molar-refractivity contribution in [3.05, 3.63) is 4.91 Å². The van der Waals surface area contributed by atoms with Crippen LogP contribution in [0.1, 0.15) is 51.4 Å². The summed E-state index contributed by atoms with van der Waals surface area (Å²) in [4.78, 5) is 10.3. The van der Waals surface area contributed by atoms with Crippen molar-refractivity contribution in [2.24, 2.45) is 5.18 Å². The second kappa shape index (κ2) is 5.28. The van der Waals surface area contributed by atoms with Gasteiger partial charge in [-0.1, -0.05) is 43.7 Å². The molecule has 2 heteroatoms. The van der Waals surface area contributed by atoms with Crippen molar-refractivity contribution in [1.82, 2.24) is 0 Å². The van der Waals surface area contributed by atoms with Gasteiger partial charge in [-0.3, -0.25) is 0 Å². The Bertz CT molecular complexity index is 104. The first-order chi connectivity index (χ1) is 5.43. The zero-order chi connectivity index (χ0) is 7.94. The van der Waals surface area contributed by atoms with Crippen LogP contribution in [-0.4, -0.2) is 6.04 Å². The average molecular weight is 155 g/mol. The van der Waals surface area contributed by atoms with Crippen LogP contribution in [0.3, 0.4) is 0 Å². The molecule has 0 saturated heterocycles. The fourth-order valence-electron chi connectivity index (χ4n) is 1.72. The average Bonchev–Trinajstić information content (AvgIpc) is 2.16. The summed E-state index contributed by atoms with van der Waals surface area (Å²) in [5.74, 6) is 0. The zero-order valence-corrected chi connectivity index (χ0v) is 7.09. The molecule has 0 unspecified atom stereocenters. The van der Waals surface area contributed by atoms with Crippen LogP contribution >= 0.6 is 0 Å². The summed E-state index contributed by atoms with van der Waals surface area (Å²) in [6, 6.07) is 0.132. The van der Waals surface area contributed by atoms with E-state index in [-0.39, 0.29) is 6.04 Å². The molecule has 0 aliphatic heterocycles. The standard InChI is InChI=1S/C9H17NO/c11-10-9-7-5-3-1-2-4-6-8-9/h9H,1-8H2. The minimum absolute atomic E-state index is 0.132. The number of hydrogen-bond acceptors (Lipinski definition) is 2. The zero-order valence-electron chi connectivity index (χ0n) is 7.09. The number of hydrogen-bond donors (Lipinski definition) is 0. The summed E-state index contributed by atoms with van der Waals surface area (Å²) in [7, 11) is 0. The first-order valence-electron chi connectivity index (χ1n) is 4.76. The molecule has 11 heavy (non-hydrogen) atoms. The Hall–Kier alpha value is -0.400. The summed E-state index contributed by atoms with van der Waals surface area (Å²) in [6.45, 7) is 0. The van der Waals surface area contributed by atoms with Crippen molar-refractivity contribution in [3.63, 3.8) is 0 Å². The van der Waals surface area contributed by atoms with Crippen LogP contribution in [0.5, 0.6) is 0 Å². The highest BCUT2D eigenvalue weighted by atomic mass is 16.3. The molecule has 1 rings (SSSR count). The van der Waals surface area contributed by atoms with E-state index >= 15 is 0 Å². The van der Waals surface area contributed by atoms with Crippen LogP contribution in [0, 0.1) is 4.91 Å². The lowest BCUT2D eigenvalue weighted by Crippen LogP contribution is -2.01. The van der Waals surface area contributed by atoms with Gasteiger partial charge in [-0.05, 0) is 12.8 Å². The second-order valence-corrected chi connectivity index (χ2v) is 3.46. The quantitative estimate of drug-likeness (QED) is 0.534. The first kappa shape index (κ1) is 8.69. The van der Waals surface area contributed by atoms with Crippen LogP contribution in [0.4, 0.5) is 0 Å². The summed E-state index contributed by atoms with van der Waals surface area (Å²) in [5, 5.41) is 3.14. The molecule has 0 aromatic heterocycles. The minimum Gasteiger partial charge on any atom is -0.151 e. The van der Waals surface area contributed by atoms with Crippen molar-refractivity contribution in [3.8, 4) is 0 Å². The largest absolute Gasteiger partial charge is 0.151 e. The Morgan fingerprint density at radius 2 is 1.27 bits per heavy atom. The lowest BCUT2D eigenvalue weighted by Gasteiger charge is -2.04. The fourth-order valence-corrected chi connectivity index (χ4v) is 1.72. The third kappa shape index (κ3) is 3.49. The van der Waals surface area contributed by atoms with Crippen molar-refractivity contribution >= 4 is 0 Å². The van der Waals surface area contributed by atoms with Gasteiger partial charge in [0.15, 0.2) is 0 Å². The third-order valence-electron chi connectivity index (χ3n) is 2.47. The smallest absolute Gasteiger partial charge is 0.0919 e. The lowest BCUT2D eigenvalue weighted by atomic mass is 10.1. The van der Waals surface area contributed by atoms with E-state index in [2.05, 4.69) is 5.18 Å². The summed E-state index contributed by atoms with van der Waals surface area (Å²) >= 11 is 0. The third-order valence-corrected chi connectivity index (χ3v) is 2.47. The van der Waals surface area contributed by atoms with Crippen LogP contribution in [0.2, 0.25) is 0 Å². The Morgan fingerprint density at radius 1 is 0.818 bits per heavy atom. The van der Waals surface area contributed by atoms with E-state index in [1.54, 1.807) is 0 Å². The number of nitroso groups, excluding NO2 is 1. The van der Waals surface area contributed by atoms with Crippen LogP contribution in [0.25, 0.3) is 0 Å². The normalized spacial score (nSPS) is 23.3. The van der Waals surface area contributed by atoms with Crippen LogP contribution in [-0.2, 0) is 0 Å². The van der Waals surface area contributed by atoms with E-state index in [0.717, 1.165) is 12.8 Å². The summed E-state index contributed by atoms with van der Waals surface area (Å²) in [6.07, 6.45) is 9.77. The maximum absolute atomic E-state index is 10.3. The maximum Gasteiger partial charge on any atom is 0.0919 e. The van der Waals surface area contributed by atoms with Gasteiger partial charge in [0.1, 0.15) is 0 Å². The summed E-state index contributed by atoms with van der Waals surface area (Å²) < 4.78 is 0. The highest BCUT2D eigenvalue weighted by molar-refractivity contribution is 4.67. The van der Waals surface area contributed by atoms with Gasteiger partial charge in [0.25, 0.3) is 0 Å². The van der Waals surface area contributed by atoms with E-state index in [9.17, 15) is 4.91 Å². The molecule has 0 atom stereocenters. The molecule has 0 amide bonds. The predicted molar refractivity (Wildman–Crippen MR) is 46.5 cm³/mol. The molecule has 0 aromatic carbocycles. The Kier molecular flexibility index (Phi) is 4.17. The molecule has 2 nitrogen and oxygen atoms in total. The number of nitrogens with zero attached hydrogens (tertiary/aromatic N) is 1. The van der Waals surface area contributed by atoms with Crippen LogP contribution in [0.15, 0.2) is 5.18 Å². The van der Waals surface area contributed by atoms with Crippen molar-refractivity contribution in [1.29, 1.82) is 0 Å². The monoisotopic (exact) mass is 155 g/mol. The van der Waals surface area contributed by atoms with Gasteiger partial charge in [-0.25, -0.2) is 0 Å². The molecule has 0 spiro atoms. The number of rotatable bonds is 1. The molecular weight excluding hydrogens is 138 g/mol. The molecule has 64 valence electrons. The molecular formula is C9H17NO. The second-order valence-electron chi connectivity index (χ2n) is 3.46. The van der Waals surface area contributed by atoms with Gasteiger partial charge in [-0.15, -0.1) is 0 Å². The van der Waals surface area contributed by atoms with Crippen molar-refractivity contribution in [2.75, 3.05) is 0 Å². The van der Waals surface area contributed by atoms with E-state index in [4.69, 9.17) is 0 Å². The van der Waals surface area contributed by atoms with E-state index in [0.29, 0.717) is 0 Å². The van der Waals surface area contributed by atoms with Gasteiger partial charge in [0.05, 0.1) is 6.04 Å². The van der Waals surface area contributed by atoms with Gasteiger partial charge >= 0.3 is 0 Å². The van der Waals surface area contributed by atoms with Gasteiger partial charge in [0, 0.05) is 0 Å². The topological polar surface area (TPSA) is 29.4 Å². The molecule has 1 saturated carbocycles. The lowest BCUT2D eigenvalue weighted by molar-refractivity contribution is 0.533. The SMILES string of the molecule is O=NC1CCCCCCCC1. The first-order valence-corrected chi connectivity index (χ1v) is 4.76. The van der Waals surface area contributed by atoms with Gasteiger partial charge in [-0.2, -0.15) is 4.91 Å². The Balaban J connectivity index is 2.24. The Labute approximate surface area is 68.3 Å². The van der Waals surface area contributed by atoms with Gasteiger partial charge in [0.2, 0.25) is 0 Å². The van der Waals surface area contributed by atoms with Crippen molar-refractivity contribution < 1.29 is 0 Å². The van der Waals surface area contributed by atoms with Gasteiger partial charge < -0.3 is 0 Å².